The van der Waals surface area contributed by atoms with Gasteiger partial charge < -0.3 is 10.4 Å². The summed E-state index contributed by atoms with van der Waals surface area (Å²) >= 11 is 0. The van der Waals surface area contributed by atoms with Crippen molar-refractivity contribution in [1.82, 2.24) is 5.32 Å². The van der Waals surface area contributed by atoms with Crippen LogP contribution in [0, 0.1) is 16.0 Å². The van der Waals surface area contributed by atoms with Gasteiger partial charge in [-0.25, -0.2) is 0 Å². The second-order valence-electron chi connectivity index (χ2n) is 4.44. The summed E-state index contributed by atoms with van der Waals surface area (Å²) in [6.45, 7) is 5.72. The standard InChI is InChI=1S/C12H16N2O4/c1-7(2)8(3)13-12(16)9-5-4-6-10(11(9)15)14(17)18/h4-8,15H,1-3H3,(H,13,16). The minimum atomic E-state index is -0.724. The molecule has 1 atom stereocenters. The number of phenols is 1. The van der Waals surface area contributed by atoms with Gasteiger partial charge in [-0.2, -0.15) is 0 Å². The van der Waals surface area contributed by atoms with E-state index in [0.29, 0.717) is 0 Å². The molecule has 1 aromatic carbocycles. The predicted octanol–water partition coefficient (Wildman–Crippen LogP) is 2.07. The molecule has 0 saturated heterocycles. The minimum Gasteiger partial charge on any atom is -0.502 e. The van der Waals surface area contributed by atoms with E-state index in [0.717, 1.165) is 6.07 Å². The SMILES string of the molecule is CC(C)C(C)NC(=O)c1cccc([N+](=O)[O-])c1O. The summed E-state index contributed by atoms with van der Waals surface area (Å²) in [5.74, 6) is -0.886. The van der Waals surface area contributed by atoms with Crippen molar-refractivity contribution >= 4 is 11.6 Å². The number of nitrogens with one attached hydrogen (secondary N) is 1. The summed E-state index contributed by atoms with van der Waals surface area (Å²) in [6.07, 6.45) is 0. The average molecular weight is 252 g/mol. The Bertz CT molecular complexity index is 471. The van der Waals surface area contributed by atoms with Gasteiger partial charge in [0, 0.05) is 12.1 Å². The molecule has 2 N–H and O–H groups in total. The van der Waals surface area contributed by atoms with Gasteiger partial charge in [0.05, 0.1) is 10.5 Å². The highest BCUT2D eigenvalue weighted by Gasteiger charge is 2.22. The van der Waals surface area contributed by atoms with Crippen LogP contribution in [0.4, 0.5) is 5.69 Å². The van der Waals surface area contributed by atoms with Crippen molar-refractivity contribution in [3.05, 3.63) is 33.9 Å². The van der Waals surface area contributed by atoms with Crippen LogP contribution >= 0.6 is 0 Å². The highest BCUT2D eigenvalue weighted by atomic mass is 16.6. The number of hydrogen-bond donors (Lipinski definition) is 2. The Morgan fingerprint density at radius 2 is 2.00 bits per heavy atom. The van der Waals surface area contributed by atoms with E-state index in [-0.39, 0.29) is 17.5 Å². The third-order valence-corrected chi connectivity index (χ3v) is 2.81. The lowest BCUT2D eigenvalue weighted by molar-refractivity contribution is -0.385. The summed E-state index contributed by atoms with van der Waals surface area (Å²) in [5.41, 5.74) is -0.559. The van der Waals surface area contributed by atoms with E-state index in [4.69, 9.17) is 0 Å². The molecular weight excluding hydrogens is 236 g/mol. The van der Waals surface area contributed by atoms with Crippen LogP contribution in [0.2, 0.25) is 0 Å². The largest absolute Gasteiger partial charge is 0.502 e. The molecule has 0 radical (unpaired) electrons. The van der Waals surface area contributed by atoms with Crippen LogP contribution in [-0.2, 0) is 0 Å². The quantitative estimate of drug-likeness (QED) is 0.633. The molecule has 98 valence electrons. The molecule has 0 aliphatic carbocycles. The van der Waals surface area contributed by atoms with Crippen LogP contribution in [0.1, 0.15) is 31.1 Å². The molecule has 0 aliphatic rings. The fourth-order valence-corrected chi connectivity index (χ4v) is 1.31. The van der Waals surface area contributed by atoms with Gasteiger partial charge in [0.1, 0.15) is 0 Å². The third kappa shape index (κ3) is 2.97. The van der Waals surface area contributed by atoms with E-state index in [9.17, 15) is 20.0 Å². The number of nitro benzene ring substituents is 1. The van der Waals surface area contributed by atoms with Gasteiger partial charge in [-0.05, 0) is 18.9 Å². The smallest absolute Gasteiger partial charge is 0.311 e. The summed E-state index contributed by atoms with van der Waals surface area (Å²) in [7, 11) is 0. The highest BCUT2D eigenvalue weighted by molar-refractivity contribution is 5.98. The van der Waals surface area contributed by atoms with Crippen molar-refractivity contribution in [2.75, 3.05) is 0 Å². The van der Waals surface area contributed by atoms with Crippen molar-refractivity contribution in [2.45, 2.75) is 26.8 Å². The maximum absolute atomic E-state index is 11.9. The Balaban J connectivity index is 3.00. The van der Waals surface area contributed by atoms with Crippen molar-refractivity contribution in [3.63, 3.8) is 0 Å². The molecule has 0 fully saturated rings. The minimum absolute atomic E-state index is 0.0864. The number of benzene rings is 1. The lowest BCUT2D eigenvalue weighted by Crippen LogP contribution is -2.36. The van der Waals surface area contributed by atoms with Gasteiger partial charge in [0.15, 0.2) is 0 Å². The zero-order chi connectivity index (χ0) is 13.9. The Labute approximate surface area is 105 Å². The molecule has 0 bridgehead atoms. The molecule has 1 aromatic rings. The van der Waals surface area contributed by atoms with E-state index in [1.807, 2.05) is 20.8 Å². The molecule has 0 aliphatic heterocycles. The second kappa shape index (κ2) is 5.48. The monoisotopic (exact) mass is 252 g/mol. The molecule has 0 heterocycles. The maximum Gasteiger partial charge on any atom is 0.311 e. The number of rotatable bonds is 4. The fourth-order valence-electron chi connectivity index (χ4n) is 1.31. The van der Waals surface area contributed by atoms with Crippen LogP contribution < -0.4 is 5.32 Å². The Kier molecular flexibility index (Phi) is 4.25. The third-order valence-electron chi connectivity index (χ3n) is 2.81. The van der Waals surface area contributed by atoms with Crippen molar-refractivity contribution in [1.29, 1.82) is 0 Å². The van der Waals surface area contributed by atoms with Gasteiger partial charge in [-0.3, -0.25) is 14.9 Å². The first kappa shape index (κ1) is 14.0. The van der Waals surface area contributed by atoms with Gasteiger partial charge in [0.2, 0.25) is 5.75 Å². The van der Waals surface area contributed by atoms with Crippen LogP contribution in [0.5, 0.6) is 5.75 Å². The van der Waals surface area contributed by atoms with Crippen LogP contribution in [-0.4, -0.2) is 22.0 Å². The zero-order valence-corrected chi connectivity index (χ0v) is 10.5. The van der Waals surface area contributed by atoms with Gasteiger partial charge >= 0.3 is 5.69 Å². The Hall–Kier alpha value is -2.11. The zero-order valence-electron chi connectivity index (χ0n) is 10.5. The van der Waals surface area contributed by atoms with Crippen molar-refractivity contribution in [2.24, 2.45) is 5.92 Å². The van der Waals surface area contributed by atoms with Crippen LogP contribution in [0.25, 0.3) is 0 Å². The first-order valence-corrected chi connectivity index (χ1v) is 5.61. The van der Waals surface area contributed by atoms with Crippen LogP contribution in [0.15, 0.2) is 18.2 Å². The molecule has 6 heteroatoms. The topological polar surface area (TPSA) is 92.5 Å². The molecule has 6 nitrogen and oxygen atoms in total. The molecule has 0 spiro atoms. The Morgan fingerprint density at radius 1 is 1.39 bits per heavy atom. The number of para-hydroxylation sites is 1. The number of aromatic hydroxyl groups is 1. The van der Waals surface area contributed by atoms with Crippen molar-refractivity contribution < 1.29 is 14.8 Å². The number of phenolic OH excluding ortho intramolecular Hbond substituents is 1. The maximum atomic E-state index is 11.9. The van der Waals surface area contributed by atoms with E-state index < -0.39 is 22.3 Å². The predicted molar refractivity (Wildman–Crippen MR) is 66.5 cm³/mol. The molecule has 18 heavy (non-hydrogen) atoms. The Morgan fingerprint density at radius 3 is 2.50 bits per heavy atom. The number of nitrogens with zero attached hydrogens (tertiary/aromatic N) is 1. The molecular formula is C12H16N2O4. The number of carbonyl (C=O) groups excluding carboxylic acids is 1. The molecule has 0 saturated carbocycles. The summed E-state index contributed by atoms with van der Waals surface area (Å²) in [5, 5.41) is 23.0. The molecule has 0 aromatic heterocycles. The number of nitro groups is 1. The molecule has 1 amide bonds. The van der Waals surface area contributed by atoms with Gasteiger partial charge in [0.25, 0.3) is 5.91 Å². The number of amides is 1. The van der Waals surface area contributed by atoms with Gasteiger partial charge in [-0.15, -0.1) is 0 Å². The number of carbonyl (C=O) groups is 1. The first-order valence-electron chi connectivity index (χ1n) is 5.61. The van der Waals surface area contributed by atoms with E-state index in [1.165, 1.54) is 12.1 Å². The van der Waals surface area contributed by atoms with Crippen molar-refractivity contribution in [3.8, 4) is 5.75 Å². The fraction of sp³-hybridized carbons (Fsp3) is 0.417. The lowest BCUT2D eigenvalue weighted by Gasteiger charge is -2.17. The summed E-state index contributed by atoms with van der Waals surface area (Å²) in [6, 6.07) is 3.78. The van der Waals surface area contributed by atoms with E-state index in [2.05, 4.69) is 5.32 Å². The van der Waals surface area contributed by atoms with E-state index in [1.54, 1.807) is 0 Å². The van der Waals surface area contributed by atoms with Gasteiger partial charge in [-0.1, -0.05) is 19.9 Å². The highest BCUT2D eigenvalue weighted by Crippen LogP contribution is 2.29. The normalized spacial score (nSPS) is 12.2. The summed E-state index contributed by atoms with van der Waals surface area (Å²) in [4.78, 5) is 21.8. The summed E-state index contributed by atoms with van der Waals surface area (Å²) < 4.78 is 0. The lowest BCUT2D eigenvalue weighted by atomic mass is 10.1. The first-order chi connectivity index (χ1) is 8.34. The second-order valence-corrected chi connectivity index (χ2v) is 4.44. The van der Waals surface area contributed by atoms with Crippen LogP contribution in [0.3, 0.4) is 0 Å². The molecule has 1 unspecified atom stereocenters. The number of hydrogen-bond acceptors (Lipinski definition) is 4. The molecule has 1 rings (SSSR count). The average Bonchev–Trinajstić information content (AvgIpc) is 2.28. The van der Waals surface area contributed by atoms with E-state index >= 15 is 0 Å².